The van der Waals surface area contributed by atoms with Crippen molar-refractivity contribution in [2.45, 2.75) is 50.8 Å². The Hall–Kier alpha value is -4.43. The molecular weight excluding hydrogens is 484 g/mol. The molecule has 3 amide bonds. The number of hydrogen-bond acceptors (Lipinski definition) is 8. The van der Waals surface area contributed by atoms with Crippen LogP contribution in [0.3, 0.4) is 0 Å². The molecule has 36 heavy (non-hydrogen) atoms. The fourth-order valence-electron chi connectivity index (χ4n) is 2.97. The first-order valence-electron chi connectivity index (χ1n) is 10.8. The zero-order valence-electron chi connectivity index (χ0n) is 19.4. The summed E-state index contributed by atoms with van der Waals surface area (Å²) < 4.78 is 5.00. The number of nitro benzene ring substituents is 1. The lowest BCUT2D eigenvalue weighted by Crippen LogP contribution is -2.52. The number of non-ortho nitro benzene ring substituents is 1. The Morgan fingerprint density at radius 2 is 1.67 bits per heavy atom. The molecule has 0 aliphatic carbocycles. The lowest BCUT2D eigenvalue weighted by Gasteiger charge is -2.26. The number of likely N-dealkylation sites (N-methyl/N-ethyl adjacent to an activating group) is 1. The van der Waals surface area contributed by atoms with Crippen molar-refractivity contribution in [1.29, 1.82) is 0 Å². The average molecular weight is 512 g/mol. The van der Waals surface area contributed by atoms with E-state index in [0.717, 1.165) is 4.90 Å². The molecule has 0 heterocycles. The van der Waals surface area contributed by atoms with Crippen LogP contribution in [-0.2, 0) is 25.7 Å². The molecule has 15 heteroatoms. The molecule has 0 aliphatic rings. The van der Waals surface area contributed by atoms with Crippen LogP contribution in [-0.4, -0.2) is 80.9 Å². The molecule has 2 atom stereocenters. The van der Waals surface area contributed by atoms with Crippen LogP contribution in [0.25, 0.3) is 0 Å². The van der Waals surface area contributed by atoms with Gasteiger partial charge in [-0.15, -0.1) is 0 Å². The van der Waals surface area contributed by atoms with Crippen LogP contribution in [0.2, 0.25) is 0 Å². The summed E-state index contributed by atoms with van der Waals surface area (Å²) in [6.07, 6.45) is -0.951. The average Bonchev–Trinajstić information content (AvgIpc) is 2.81. The monoisotopic (exact) mass is 512 g/mol. The van der Waals surface area contributed by atoms with Gasteiger partial charge in [-0.2, -0.15) is 0 Å². The molecule has 0 spiro atoms. The van der Waals surface area contributed by atoms with E-state index < -0.39 is 53.5 Å². The summed E-state index contributed by atoms with van der Waals surface area (Å²) in [6.45, 7) is 0.0479. The standard InChI is InChI=1S/C21H28N4O11/c1-24(20(32)23-15(18(28)29)9-10-17(26)27)16(19(30)31)4-2-3-11-22-21(33)36-12-13-5-7-14(8-6-13)25(34)35/h5-8,15-16H,2-4,9-12H2,1H3,(H,22,33)(H,23,32)(H,26,27)(H,28,29)(H,30,31)/t15-,16?/m0/s1. The molecule has 1 rings (SSSR count). The molecule has 0 aliphatic heterocycles. The molecular formula is C21H28N4O11. The number of carboxylic acid groups (broad SMARTS) is 3. The topological polar surface area (TPSA) is 226 Å². The van der Waals surface area contributed by atoms with E-state index in [4.69, 9.17) is 14.9 Å². The number of nitro groups is 1. The van der Waals surface area contributed by atoms with Gasteiger partial charge in [0.2, 0.25) is 0 Å². The van der Waals surface area contributed by atoms with Crippen molar-refractivity contribution in [2.24, 2.45) is 0 Å². The number of rotatable bonds is 15. The SMILES string of the molecule is CN(C(=O)N[C@@H](CCC(=O)O)C(=O)O)C(CCCCNC(=O)OCc1ccc([N+](=O)[O-])cc1)C(=O)O. The maximum atomic E-state index is 12.3. The lowest BCUT2D eigenvalue weighted by molar-refractivity contribution is -0.384. The van der Waals surface area contributed by atoms with Gasteiger partial charge in [-0.3, -0.25) is 14.9 Å². The van der Waals surface area contributed by atoms with Gasteiger partial charge in [-0.05, 0) is 43.4 Å². The first-order valence-corrected chi connectivity index (χ1v) is 10.8. The minimum absolute atomic E-state index is 0.00560. The van der Waals surface area contributed by atoms with E-state index in [0.29, 0.717) is 18.4 Å². The third kappa shape index (κ3) is 10.7. The number of unbranched alkanes of at least 4 members (excludes halogenated alkanes) is 1. The molecule has 0 fully saturated rings. The van der Waals surface area contributed by atoms with Crippen molar-refractivity contribution in [1.82, 2.24) is 15.5 Å². The van der Waals surface area contributed by atoms with E-state index >= 15 is 0 Å². The van der Waals surface area contributed by atoms with Crippen LogP contribution in [0.15, 0.2) is 24.3 Å². The van der Waals surface area contributed by atoms with Gasteiger partial charge in [0.1, 0.15) is 18.7 Å². The van der Waals surface area contributed by atoms with E-state index in [1.165, 1.54) is 31.3 Å². The number of ether oxygens (including phenoxy) is 1. The number of carbonyl (C=O) groups excluding carboxylic acids is 2. The Bertz CT molecular complexity index is 952. The molecule has 0 saturated carbocycles. The van der Waals surface area contributed by atoms with Crippen LogP contribution in [0.4, 0.5) is 15.3 Å². The molecule has 0 aromatic heterocycles. The molecule has 0 saturated heterocycles. The molecule has 1 aromatic carbocycles. The van der Waals surface area contributed by atoms with Crippen LogP contribution >= 0.6 is 0 Å². The molecule has 0 radical (unpaired) electrons. The smallest absolute Gasteiger partial charge is 0.407 e. The van der Waals surface area contributed by atoms with E-state index in [9.17, 15) is 39.2 Å². The van der Waals surface area contributed by atoms with Crippen LogP contribution in [0, 0.1) is 10.1 Å². The van der Waals surface area contributed by atoms with Crippen molar-refractivity contribution in [3.05, 3.63) is 39.9 Å². The Kier molecular flexibility index (Phi) is 12.1. The van der Waals surface area contributed by atoms with Crippen LogP contribution < -0.4 is 10.6 Å². The van der Waals surface area contributed by atoms with Gasteiger partial charge in [-0.25, -0.2) is 19.2 Å². The number of amides is 3. The molecule has 1 unspecified atom stereocenters. The number of nitrogens with one attached hydrogen (secondary N) is 2. The summed E-state index contributed by atoms with van der Waals surface area (Å²) in [4.78, 5) is 68.4. The summed E-state index contributed by atoms with van der Waals surface area (Å²) in [7, 11) is 1.18. The first-order chi connectivity index (χ1) is 16.9. The van der Waals surface area contributed by atoms with Gasteiger partial charge in [0.05, 0.1) is 4.92 Å². The first kappa shape index (κ1) is 29.6. The van der Waals surface area contributed by atoms with E-state index in [-0.39, 0.29) is 31.7 Å². The maximum Gasteiger partial charge on any atom is 0.407 e. The molecule has 198 valence electrons. The van der Waals surface area contributed by atoms with Crippen molar-refractivity contribution in [2.75, 3.05) is 13.6 Å². The minimum Gasteiger partial charge on any atom is -0.481 e. The van der Waals surface area contributed by atoms with Crippen molar-refractivity contribution in [3.63, 3.8) is 0 Å². The summed E-state index contributed by atoms with van der Waals surface area (Å²) in [5.41, 5.74) is 0.459. The predicted octanol–water partition coefficient (Wildman–Crippen LogP) is 1.40. The number of aliphatic carboxylic acids is 3. The van der Waals surface area contributed by atoms with E-state index in [2.05, 4.69) is 10.6 Å². The van der Waals surface area contributed by atoms with Crippen molar-refractivity contribution < 1.29 is 49.0 Å². The van der Waals surface area contributed by atoms with Crippen LogP contribution in [0.1, 0.15) is 37.7 Å². The summed E-state index contributed by atoms with van der Waals surface area (Å²) in [6, 6.07) is 1.71. The zero-order valence-corrected chi connectivity index (χ0v) is 19.4. The number of nitrogens with zero attached hydrogens (tertiary/aromatic N) is 2. The van der Waals surface area contributed by atoms with E-state index in [1.54, 1.807) is 0 Å². The van der Waals surface area contributed by atoms with Gasteiger partial charge in [0.15, 0.2) is 0 Å². The Balaban J connectivity index is 2.42. The highest BCUT2D eigenvalue weighted by atomic mass is 16.6. The third-order valence-corrected chi connectivity index (χ3v) is 5.01. The molecule has 1 aromatic rings. The van der Waals surface area contributed by atoms with Gasteiger partial charge in [-0.1, -0.05) is 0 Å². The number of alkyl carbamates (subject to hydrolysis) is 1. The fourth-order valence-corrected chi connectivity index (χ4v) is 2.97. The van der Waals surface area contributed by atoms with Crippen molar-refractivity contribution >= 4 is 35.7 Å². The summed E-state index contributed by atoms with van der Waals surface area (Å²) in [5, 5.41) is 42.5. The number of hydrogen-bond donors (Lipinski definition) is 5. The third-order valence-electron chi connectivity index (χ3n) is 5.01. The molecule has 5 N–H and O–H groups in total. The summed E-state index contributed by atoms with van der Waals surface area (Å²) >= 11 is 0. The Labute approximate surface area is 205 Å². The molecule has 15 nitrogen and oxygen atoms in total. The fraction of sp³-hybridized carbons (Fsp3) is 0.476. The second kappa shape index (κ2) is 14.7. The second-order valence-corrected chi connectivity index (χ2v) is 7.66. The van der Waals surface area contributed by atoms with E-state index in [1.807, 2.05) is 0 Å². The second-order valence-electron chi connectivity index (χ2n) is 7.66. The Morgan fingerprint density at radius 1 is 1.03 bits per heavy atom. The Morgan fingerprint density at radius 3 is 2.19 bits per heavy atom. The van der Waals surface area contributed by atoms with Crippen LogP contribution in [0.5, 0.6) is 0 Å². The van der Waals surface area contributed by atoms with Gasteiger partial charge in [0, 0.05) is 32.1 Å². The van der Waals surface area contributed by atoms with Crippen molar-refractivity contribution in [3.8, 4) is 0 Å². The highest BCUT2D eigenvalue weighted by molar-refractivity contribution is 5.86. The predicted molar refractivity (Wildman–Crippen MR) is 121 cm³/mol. The molecule has 0 bridgehead atoms. The number of carboxylic acids is 3. The number of benzene rings is 1. The maximum absolute atomic E-state index is 12.3. The number of urea groups is 1. The van der Waals surface area contributed by atoms with Gasteiger partial charge in [0.25, 0.3) is 5.69 Å². The zero-order chi connectivity index (χ0) is 27.3. The minimum atomic E-state index is -1.49. The highest BCUT2D eigenvalue weighted by Crippen LogP contribution is 2.13. The van der Waals surface area contributed by atoms with Gasteiger partial charge < -0.3 is 35.6 Å². The lowest BCUT2D eigenvalue weighted by atomic mass is 10.1. The normalized spacial score (nSPS) is 12.0. The quantitative estimate of drug-likeness (QED) is 0.128. The van der Waals surface area contributed by atoms with Gasteiger partial charge >= 0.3 is 30.0 Å². The number of carbonyl (C=O) groups is 5. The highest BCUT2D eigenvalue weighted by Gasteiger charge is 2.29. The largest absolute Gasteiger partial charge is 0.481 e. The summed E-state index contributed by atoms with van der Waals surface area (Å²) in [5.74, 6) is -4.01.